The monoisotopic (exact) mass is 237 g/mol. The Labute approximate surface area is 99.1 Å². The number of nitro benzene ring substituents is 1. The molecule has 0 saturated carbocycles. The lowest BCUT2D eigenvalue weighted by molar-refractivity contribution is -0.385. The number of hydrogen-bond donors (Lipinski definition) is 1. The molecule has 1 aromatic rings. The van der Waals surface area contributed by atoms with Gasteiger partial charge < -0.3 is 15.4 Å². The van der Waals surface area contributed by atoms with Gasteiger partial charge in [0.25, 0.3) is 0 Å². The quantitative estimate of drug-likeness (QED) is 0.629. The normalized spacial score (nSPS) is 19.4. The van der Waals surface area contributed by atoms with Crippen molar-refractivity contribution in [2.24, 2.45) is 5.73 Å². The summed E-state index contributed by atoms with van der Waals surface area (Å²) in [5.74, 6) is 0.285. The van der Waals surface area contributed by atoms with Crippen LogP contribution in [0, 0.1) is 10.1 Å². The van der Waals surface area contributed by atoms with Crippen LogP contribution in [-0.4, -0.2) is 31.2 Å². The lowest BCUT2D eigenvalue weighted by Crippen LogP contribution is -2.26. The molecule has 6 heteroatoms. The summed E-state index contributed by atoms with van der Waals surface area (Å²) in [5, 5.41) is 11.1. The fourth-order valence-corrected chi connectivity index (χ4v) is 2.12. The average Bonchev–Trinajstić information content (AvgIpc) is 2.74. The van der Waals surface area contributed by atoms with Crippen LogP contribution in [0.25, 0.3) is 0 Å². The third-order valence-electron chi connectivity index (χ3n) is 2.95. The first-order chi connectivity index (χ1) is 8.13. The van der Waals surface area contributed by atoms with Gasteiger partial charge in [-0.2, -0.15) is 0 Å². The molecule has 0 amide bonds. The van der Waals surface area contributed by atoms with Crippen LogP contribution in [0.1, 0.15) is 6.42 Å². The molecule has 1 aromatic carbocycles. The van der Waals surface area contributed by atoms with Crippen LogP contribution in [0.2, 0.25) is 0 Å². The summed E-state index contributed by atoms with van der Waals surface area (Å²) in [6, 6.07) is 5.17. The Hall–Kier alpha value is -1.82. The van der Waals surface area contributed by atoms with E-state index in [0.29, 0.717) is 12.2 Å². The molecule has 1 heterocycles. The van der Waals surface area contributed by atoms with Crippen LogP contribution in [0.3, 0.4) is 0 Å². The molecule has 1 aliphatic heterocycles. The number of methoxy groups -OCH3 is 1. The van der Waals surface area contributed by atoms with E-state index in [2.05, 4.69) is 0 Å². The maximum absolute atomic E-state index is 11.1. The first-order valence-corrected chi connectivity index (χ1v) is 5.45. The molecule has 1 aliphatic rings. The summed E-state index contributed by atoms with van der Waals surface area (Å²) in [7, 11) is 1.43. The SMILES string of the molecule is COc1cccc(N2CCC(N)C2)c1[N+](=O)[O-]. The van der Waals surface area contributed by atoms with Crippen molar-refractivity contribution in [2.75, 3.05) is 25.1 Å². The van der Waals surface area contributed by atoms with E-state index in [-0.39, 0.29) is 17.5 Å². The van der Waals surface area contributed by atoms with Gasteiger partial charge in [-0.15, -0.1) is 0 Å². The number of benzene rings is 1. The summed E-state index contributed by atoms with van der Waals surface area (Å²) in [6.07, 6.45) is 0.856. The molecular formula is C11H15N3O3. The van der Waals surface area contributed by atoms with Crippen molar-refractivity contribution in [1.82, 2.24) is 0 Å². The molecule has 0 radical (unpaired) electrons. The Kier molecular flexibility index (Phi) is 3.14. The molecule has 0 aliphatic carbocycles. The first-order valence-electron chi connectivity index (χ1n) is 5.45. The number of nitrogens with two attached hydrogens (primary N) is 1. The van der Waals surface area contributed by atoms with Crippen LogP contribution < -0.4 is 15.4 Å². The van der Waals surface area contributed by atoms with Crippen molar-refractivity contribution in [3.63, 3.8) is 0 Å². The molecule has 0 aromatic heterocycles. The molecule has 6 nitrogen and oxygen atoms in total. The third-order valence-corrected chi connectivity index (χ3v) is 2.95. The molecule has 2 N–H and O–H groups in total. The van der Waals surface area contributed by atoms with Crippen LogP contribution in [-0.2, 0) is 0 Å². The van der Waals surface area contributed by atoms with E-state index in [1.807, 2.05) is 4.90 Å². The van der Waals surface area contributed by atoms with Gasteiger partial charge in [0.15, 0.2) is 5.75 Å². The van der Waals surface area contributed by atoms with Gasteiger partial charge in [0.05, 0.1) is 12.0 Å². The van der Waals surface area contributed by atoms with Gasteiger partial charge in [-0.1, -0.05) is 6.07 Å². The number of hydrogen-bond acceptors (Lipinski definition) is 5. The smallest absolute Gasteiger partial charge is 0.333 e. The molecule has 1 atom stereocenters. The second-order valence-corrected chi connectivity index (χ2v) is 4.08. The largest absolute Gasteiger partial charge is 0.490 e. The van der Waals surface area contributed by atoms with E-state index < -0.39 is 4.92 Å². The number of anilines is 1. The van der Waals surface area contributed by atoms with Crippen LogP contribution in [0.15, 0.2) is 18.2 Å². The predicted octanol–water partition coefficient (Wildman–Crippen LogP) is 1.14. The minimum atomic E-state index is -0.405. The topological polar surface area (TPSA) is 81.6 Å². The van der Waals surface area contributed by atoms with Crippen molar-refractivity contribution in [2.45, 2.75) is 12.5 Å². The molecule has 0 spiro atoms. The van der Waals surface area contributed by atoms with Gasteiger partial charge >= 0.3 is 5.69 Å². The lowest BCUT2D eigenvalue weighted by atomic mass is 10.2. The highest BCUT2D eigenvalue weighted by molar-refractivity contribution is 5.70. The van der Waals surface area contributed by atoms with E-state index in [1.54, 1.807) is 18.2 Å². The van der Waals surface area contributed by atoms with Gasteiger partial charge in [0, 0.05) is 19.1 Å². The summed E-state index contributed by atoms with van der Waals surface area (Å²) < 4.78 is 5.03. The van der Waals surface area contributed by atoms with Gasteiger partial charge in [-0.25, -0.2) is 0 Å². The highest BCUT2D eigenvalue weighted by Gasteiger charge is 2.28. The van der Waals surface area contributed by atoms with E-state index in [4.69, 9.17) is 10.5 Å². The zero-order valence-corrected chi connectivity index (χ0v) is 9.63. The van der Waals surface area contributed by atoms with E-state index in [9.17, 15) is 10.1 Å². The van der Waals surface area contributed by atoms with Crippen LogP contribution in [0.5, 0.6) is 5.75 Å². The third kappa shape index (κ3) is 2.16. The van der Waals surface area contributed by atoms with Crippen molar-refractivity contribution in [3.8, 4) is 5.75 Å². The van der Waals surface area contributed by atoms with Crippen LogP contribution >= 0.6 is 0 Å². The Balaban J connectivity index is 2.42. The number of nitro groups is 1. The average molecular weight is 237 g/mol. The maximum Gasteiger partial charge on any atom is 0.333 e. The number of ether oxygens (including phenoxy) is 1. The summed E-state index contributed by atoms with van der Waals surface area (Å²) >= 11 is 0. The fourth-order valence-electron chi connectivity index (χ4n) is 2.12. The first kappa shape index (κ1) is 11.7. The number of para-hydroxylation sites is 1. The van der Waals surface area contributed by atoms with Crippen molar-refractivity contribution < 1.29 is 9.66 Å². The van der Waals surface area contributed by atoms with E-state index in [1.165, 1.54) is 7.11 Å². The molecule has 1 unspecified atom stereocenters. The Morgan fingerprint density at radius 2 is 2.35 bits per heavy atom. The molecule has 1 fully saturated rings. The molecule has 17 heavy (non-hydrogen) atoms. The minimum Gasteiger partial charge on any atom is -0.490 e. The molecule has 2 rings (SSSR count). The highest BCUT2D eigenvalue weighted by Crippen LogP contribution is 2.37. The van der Waals surface area contributed by atoms with Gasteiger partial charge in [-0.05, 0) is 18.6 Å². The Morgan fingerprint density at radius 1 is 1.59 bits per heavy atom. The molecule has 92 valence electrons. The minimum absolute atomic E-state index is 0.0177. The summed E-state index contributed by atoms with van der Waals surface area (Å²) in [6.45, 7) is 1.39. The van der Waals surface area contributed by atoms with Crippen LogP contribution in [0.4, 0.5) is 11.4 Å². The highest BCUT2D eigenvalue weighted by atomic mass is 16.6. The zero-order valence-electron chi connectivity index (χ0n) is 9.63. The predicted molar refractivity (Wildman–Crippen MR) is 64.5 cm³/mol. The second-order valence-electron chi connectivity index (χ2n) is 4.08. The number of nitrogens with zero attached hydrogens (tertiary/aromatic N) is 2. The summed E-state index contributed by atoms with van der Waals surface area (Å²) in [5.41, 5.74) is 6.42. The zero-order chi connectivity index (χ0) is 12.4. The Bertz CT molecular complexity index is 436. The van der Waals surface area contributed by atoms with Crippen molar-refractivity contribution in [1.29, 1.82) is 0 Å². The maximum atomic E-state index is 11.1. The van der Waals surface area contributed by atoms with Gasteiger partial charge in [0.2, 0.25) is 0 Å². The molecular weight excluding hydrogens is 222 g/mol. The van der Waals surface area contributed by atoms with Gasteiger partial charge in [0.1, 0.15) is 5.69 Å². The number of rotatable bonds is 3. The van der Waals surface area contributed by atoms with Crippen molar-refractivity contribution in [3.05, 3.63) is 28.3 Å². The Morgan fingerprint density at radius 3 is 2.88 bits per heavy atom. The van der Waals surface area contributed by atoms with E-state index in [0.717, 1.165) is 13.0 Å². The van der Waals surface area contributed by atoms with E-state index >= 15 is 0 Å². The van der Waals surface area contributed by atoms with Crippen molar-refractivity contribution >= 4 is 11.4 Å². The van der Waals surface area contributed by atoms with Gasteiger partial charge in [-0.3, -0.25) is 10.1 Å². The molecule has 0 bridgehead atoms. The summed E-state index contributed by atoms with van der Waals surface area (Å²) in [4.78, 5) is 12.6. The lowest BCUT2D eigenvalue weighted by Gasteiger charge is -2.18. The molecule has 1 saturated heterocycles. The second kappa shape index (κ2) is 4.58. The fraction of sp³-hybridized carbons (Fsp3) is 0.455. The standard InChI is InChI=1S/C11H15N3O3/c1-17-10-4-2-3-9(11(10)14(15)16)13-6-5-8(12)7-13/h2-4,8H,5-7,12H2,1H3.